The number of ether oxygens (including phenoxy) is 1. The van der Waals surface area contributed by atoms with Gasteiger partial charge in [0.2, 0.25) is 21.8 Å². The Labute approximate surface area is 192 Å². The van der Waals surface area contributed by atoms with Crippen LogP contribution in [0.25, 0.3) is 0 Å². The van der Waals surface area contributed by atoms with Gasteiger partial charge in [-0.2, -0.15) is 0 Å². The van der Waals surface area contributed by atoms with Crippen LogP contribution in [0.2, 0.25) is 5.02 Å². The van der Waals surface area contributed by atoms with Gasteiger partial charge in [0.15, 0.2) is 0 Å². The Morgan fingerprint density at radius 3 is 2.38 bits per heavy atom. The molecular weight excluding hydrogens is 454 g/mol. The molecule has 32 heavy (non-hydrogen) atoms. The summed E-state index contributed by atoms with van der Waals surface area (Å²) in [5, 5.41) is 8.39. The molecule has 0 unspecified atom stereocenters. The van der Waals surface area contributed by atoms with Gasteiger partial charge >= 0.3 is 0 Å². The normalized spacial score (nSPS) is 14.8. The van der Waals surface area contributed by atoms with Crippen LogP contribution in [-0.4, -0.2) is 45.3 Å². The van der Waals surface area contributed by atoms with E-state index in [2.05, 4.69) is 5.32 Å². The summed E-state index contributed by atoms with van der Waals surface area (Å²) in [6.07, 6.45) is 2.09. The number of nitrogens with one attached hydrogen (secondary N) is 1. The molecule has 1 aliphatic rings. The van der Waals surface area contributed by atoms with Crippen molar-refractivity contribution in [2.75, 3.05) is 25.5 Å². The quantitative estimate of drug-likeness (QED) is 0.632. The minimum absolute atomic E-state index is 0.0146. The second-order valence-corrected chi connectivity index (χ2v) is 9.65. The standard InChI is InChI=1S/C22H26ClN3O5S/c1-31-20-8-2-15(14-19(20)23)3-9-21(27)26-12-10-16(11-13-26)22(28)25-17-4-6-18(7-5-17)32(24,29)30/h2,4-8,14,16H,3,9-13H2,1H3,(H,25,28)(H2,24,29,30). The van der Waals surface area contributed by atoms with Crippen LogP contribution in [-0.2, 0) is 26.0 Å². The first-order valence-corrected chi connectivity index (χ1v) is 12.1. The Kier molecular flexibility index (Phi) is 7.76. The van der Waals surface area contributed by atoms with Gasteiger partial charge in [0.05, 0.1) is 17.0 Å². The molecule has 172 valence electrons. The van der Waals surface area contributed by atoms with Crippen molar-refractivity contribution in [1.82, 2.24) is 4.90 Å². The van der Waals surface area contributed by atoms with Crippen LogP contribution in [0.3, 0.4) is 0 Å². The number of amides is 2. The molecule has 0 spiro atoms. The molecule has 0 saturated carbocycles. The number of primary sulfonamides is 1. The Hall–Kier alpha value is -2.62. The Morgan fingerprint density at radius 1 is 1.16 bits per heavy atom. The number of carbonyl (C=O) groups excluding carboxylic acids is 2. The number of rotatable bonds is 7. The number of hydrogen-bond donors (Lipinski definition) is 2. The highest BCUT2D eigenvalue weighted by Gasteiger charge is 2.27. The predicted octanol–water partition coefficient (Wildman–Crippen LogP) is 2.81. The zero-order chi connectivity index (χ0) is 23.3. The summed E-state index contributed by atoms with van der Waals surface area (Å²) in [6.45, 7) is 1.04. The molecule has 1 saturated heterocycles. The van der Waals surface area contributed by atoms with Gasteiger partial charge in [-0.15, -0.1) is 0 Å². The highest BCUT2D eigenvalue weighted by Crippen LogP contribution is 2.26. The number of likely N-dealkylation sites (tertiary alicyclic amines) is 1. The Bertz CT molecular complexity index is 1080. The van der Waals surface area contributed by atoms with E-state index in [0.29, 0.717) is 55.2 Å². The monoisotopic (exact) mass is 479 g/mol. The number of methoxy groups -OCH3 is 1. The van der Waals surface area contributed by atoms with Crippen LogP contribution in [0.1, 0.15) is 24.8 Å². The minimum Gasteiger partial charge on any atom is -0.495 e. The lowest BCUT2D eigenvalue weighted by molar-refractivity contribution is -0.134. The van der Waals surface area contributed by atoms with Gasteiger partial charge in [-0.05, 0) is 61.2 Å². The molecule has 3 N–H and O–H groups in total. The largest absolute Gasteiger partial charge is 0.495 e. The van der Waals surface area contributed by atoms with E-state index in [0.717, 1.165) is 5.56 Å². The van der Waals surface area contributed by atoms with E-state index in [1.807, 2.05) is 6.07 Å². The highest BCUT2D eigenvalue weighted by atomic mass is 35.5. The molecule has 1 aliphatic heterocycles. The number of aryl methyl sites for hydroxylation is 1. The molecule has 2 amide bonds. The maximum absolute atomic E-state index is 12.6. The molecule has 1 fully saturated rings. The van der Waals surface area contributed by atoms with Crippen molar-refractivity contribution in [3.8, 4) is 5.75 Å². The van der Waals surface area contributed by atoms with E-state index in [4.69, 9.17) is 21.5 Å². The summed E-state index contributed by atoms with van der Waals surface area (Å²) in [5.41, 5.74) is 1.46. The van der Waals surface area contributed by atoms with Gasteiger partial charge in [-0.3, -0.25) is 9.59 Å². The molecular formula is C22H26ClN3O5S. The molecule has 0 aromatic heterocycles. The number of hydrogen-bond acceptors (Lipinski definition) is 5. The van der Waals surface area contributed by atoms with Crippen LogP contribution < -0.4 is 15.2 Å². The lowest BCUT2D eigenvalue weighted by Gasteiger charge is -2.31. The summed E-state index contributed by atoms with van der Waals surface area (Å²) in [4.78, 5) is 26.9. The number of carbonyl (C=O) groups is 2. The first-order valence-electron chi connectivity index (χ1n) is 10.2. The van der Waals surface area contributed by atoms with Crippen molar-refractivity contribution in [3.63, 3.8) is 0 Å². The Morgan fingerprint density at radius 2 is 1.81 bits per heavy atom. The van der Waals surface area contributed by atoms with Gasteiger partial charge in [0.25, 0.3) is 0 Å². The van der Waals surface area contributed by atoms with Gasteiger partial charge < -0.3 is 15.0 Å². The van der Waals surface area contributed by atoms with Crippen molar-refractivity contribution >= 4 is 39.1 Å². The lowest BCUT2D eigenvalue weighted by atomic mass is 9.95. The molecule has 2 aromatic carbocycles. The summed E-state index contributed by atoms with van der Waals surface area (Å²) in [7, 11) is -2.22. The molecule has 10 heteroatoms. The molecule has 0 bridgehead atoms. The summed E-state index contributed by atoms with van der Waals surface area (Å²) >= 11 is 6.13. The fraction of sp³-hybridized carbons (Fsp3) is 0.364. The third kappa shape index (κ3) is 6.21. The molecule has 2 aromatic rings. The third-order valence-electron chi connectivity index (χ3n) is 5.51. The number of nitrogens with zero attached hydrogens (tertiary/aromatic N) is 1. The van der Waals surface area contributed by atoms with Crippen LogP contribution in [0, 0.1) is 5.92 Å². The van der Waals surface area contributed by atoms with Crippen LogP contribution in [0.5, 0.6) is 5.75 Å². The first kappa shape index (κ1) is 24.0. The average molecular weight is 480 g/mol. The summed E-state index contributed by atoms with van der Waals surface area (Å²) in [5.74, 6) is 0.294. The molecule has 0 atom stereocenters. The number of sulfonamides is 1. The topological polar surface area (TPSA) is 119 Å². The van der Waals surface area contributed by atoms with Crippen LogP contribution in [0.4, 0.5) is 5.69 Å². The minimum atomic E-state index is -3.77. The van der Waals surface area contributed by atoms with Gasteiger partial charge in [0.1, 0.15) is 5.75 Å². The number of nitrogens with two attached hydrogens (primary N) is 1. The zero-order valence-corrected chi connectivity index (χ0v) is 19.3. The van der Waals surface area contributed by atoms with E-state index >= 15 is 0 Å². The van der Waals surface area contributed by atoms with Crippen molar-refractivity contribution in [1.29, 1.82) is 0 Å². The van der Waals surface area contributed by atoms with E-state index in [-0.39, 0.29) is 22.6 Å². The number of piperidine rings is 1. The second-order valence-electron chi connectivity index (χ2n) is 7.68. The third-order valence-corrected chi connectivity index (χ3v) is 6.74. The van der Waals surface area contributed by atoms with Crippen molar-refractivity contribution in [2.45, 2.75) is 30.6 Å². The summed E-state index contributed by atoms with van der Waals surface area (Å²) in [6, 6.07) is 11.2. The van der Waals surface area contributed by atoms with Crippen molar-refractivity contribution < 1.29 is 22.7 Å². The summed E-state index contributed by atoms with van der Waals surface area (Å²) < 4.78 is 27.8. The van der Waals surface area contributed by atoms with E-state index in [1.54, 1.807) is 24.1 Å². The molecule has 0 aliphatic carbocycles. The number of anilines is 1. The molecule has 1 heterocycles. The smallest absolute Gasteiger partial charge is 0.238 e. The average Bonchev–Trinajstić information content (AvgIpc) is 2.77. The molecule has 8 nitrogen and oxygen atoms in total. The van der Waals surface area contributed by atoms with Gasteiger partial charge in [-0.25, -0.2) is 13.6 Å². The SMILES string of the molecule is COc1ccc(CCC(=O)N2CCC(C(=O)Nc3ccc(S(N)(=O)=O)cc3)CC2)cc1Cl. The fourth-order valence-electron chi connectivity index (χ4n) is 3.64. The number of benzene rings is 2. The van der Waals surface area contributed by atoms with Crippen molar-refractivity contribution in [2.24, 2.45) is 11.1 Å². The van der Waals surface area contributed by atoms with Gasteiger partial charge in [0, 0.05) is 31.1 Å². The molecule has 3 rings (SSSR count). The predicted molar refractivity (Wildman–Crippen MR) is 122 cm³/mol. The van der Waals surface area contributed by atoms with Crippen LogP contribution in [0.15, 0.2) is 47.4 Å². The second kappa shape index (κ2) is 10.3. The van der Waals surface area contributed by atoms with Crippen LogP contribution >= 0.6 is 11.6 Å². The van der Waals surface area contributed by atoms with Gasteiger partial charge in [-0.1, -0.05) is 17.7 Å². The molecule has 0 radical (unpaired) electrons. The van der Waals surface area contributed by atoms with E-state index < -0.39 is 10.0 Å². The first-order chi connectivity index (χ1) is 15.2. The Balaban J connectivity index is 1.46. The fourth-order valence-corrected chi connectivity index (χ4v) is 4.43. The van der Waals surface area contributed by atoms with E-state index in [1.165, 1.54) is 24.3 Å². The maximum atomic E-state index is 12.6. The maximum Gasteiger partial charge on any atom is 0.238 e. The number of halogens is 1. The lowest BCUT2D eigenvalue weighted by Crippen LogP contribution is -2.41. The highest BCUT2D eigenvalue weighted by molar-refractivity contribution is 7.89. The van der Waals surface area contributed by atoms with E-state index in [9.17, 15) is 18.0 Å². The zero-order valence-electron chi connectivity index (χ0n) is 17.7. The van der Waals surface area contributed by atoms with Crippen molar-refractivity contribution in [3.05, 3.63) is 53.1 Å².